The van der Waals surface area contributed by atoms with Crippen molar-refractivity contribution in [2.75, 3.05) is 6.54 Å². The third-order valence-electron chi connectivity index (χ3n) is 5.06. The van der Waals surface area contributed by atoms with Crippen molar-refractivity contribution in [3.63, 3.8) is 0 Å². The van der Waals surface area contributed by atoms with Gasteiger partial charge in [0.2, 0.25) is 0 Å². The molecule has 0 aliphatic carbocycles. The smallest absolute Gasteiger partial charge is 0.124 e. The Balaban J connectivity index is 1.66. The van der Waals surface area contributed by atoms with Crippen LogP contribution in [0.2, 0.25) is 0 Å². The van der Waals surface area contributed by atoms with E-state index in [-0.39, 0.29) is 5.82 Å². The van der Waals surface area contributed by atoms with Crippen LogP contribution >= 0.6 is 0 Å². The summed E-state index contributed by atoms with van der Waals surface area (Å²) in [6.45, 7) is 4.48. The lowest BCUT2D eigenvalue weighted by Gasteiger charge is -2.15. The van der Waals surface area contributed by atoms with Crippen molar-refractivity contribution in [3.05, 3.63) is 77.6 Å². The fraction of sp³-hybridized carbons (Fsp3) is 0.360. The molecule has 0 spiro atoms. The summed E-state index contributed by atoms with van der Waals surface area (Å²) in [6.07, 6.45) is 6.40. The number of hydrogen-bond acceptors (Lipinski definition) is 2. The maximum atomic E-state index is 13.1. The van der Waals surface area contributed by atoms with E-state index in [1.165, 1.54) is 60.6 Å². The second-order valence-electron chi connectivity index (χ2n) is 7.27. The maximum Gasteiger partial charge on any atom is 0.124 e. The molecule has 0 atom stereocenters. The second-order valence-corrected chi connectivity index (χ2v) is 7.27. The molecule has 0 aliphatic rings. The summed E-state index contributed by atoms with van der Waals surface area (Å²) in [7, 11) is 0. The minimum absolute atomic E-state index is 0.224. The Bertz CT molecular complexity index is 860. The van der Waals surface area contributed by atoms with Crippen molar-refractivity contribution in [1.82, 2.24) is 5.32 Å². The van der Waals surface area contributed by atoms with Gasteiger partial charge >= 0.3 is 0 Å². The molecule has 0 aliphatic heterocycles. The van der Waals surface area contributed by atoms with E-state index in [2.05, 4.69) is 42.6 Å². The van der Waals surface area contributed by atoms with Crippen molar-refractivity contribution in [3.8, 4) is 5.75 Å². The highest BCUT2D eigenvalue weighted by atomic mass is 19.1. The number of benzene rings is 3. The molecule has 0 aromatic heterocycles. The number of rotatable bonds is 11. The van der Waals surface area contributed by atoms with Gasteiger partial charge in [-0.2, -0.15) is 0 Å². The second kappa shape index (κ2) is 10.8. The largest absolute Gasteiger partial charge is 0.489 e. The summed E-state index contributed by atoms with van der Waals surface area (Å²) in [6, 6.07) is 19.0. The molecule has 3 aromatic carbocycles. The minimum atomic E-state index is -0.224. The van der Waals surface area contributed by atoms with Crippen LogP contribution < -0.4 is 10.1 Å². The first-order chi connectivity index (χ1) is 13.8. The Morgan fingerprint density at radius 3 is 2.46 bits per heavy atom. The van der Waals surface area contributed by atoms with E-state index in [4.69, 9.17) is 4.74 Å². The van der Waals surface area contributed by atoms with E-state index in [9.17, 15) is 4.39 Å². The molecule has 0 fully saturated rings. The molecule has 0 unspecified atom stereocenters. The van der Waals surface area contributed by atoms with Gasteiger partial charge in [0.1, 0.15) is 18.2 Å². The monoisotopic (exact) mass is 379 g/mol. The number of unbranched alkanes of at least 4 members (excludes halogenated alkanes) is 4. The van der Waals surface area contributed by atoms with E-state index in [0.29, 0.717) is 6.61 Å². The molecule has 0 saturated heterocycles. The lowest BCUT2D eigenvalue weighted by Crippen LogP contribution is -2.16. The minimum Gasteiger partial charge on any atom is -0.489 e. The van der Waals surface area contributed by atoms with Gasteiger partial charge in [-0.1, -0.05) is 75.1 Å². The summed E-state index contributed by atoms with van der Waals surface area (Å²) in [5.74, 6) is 0.666. The van der Waals surface area contributed by atoms with Gasteiger partial charge in [0, 0.05) is 12.1 Å². The van der Waals surface area contributed by atoms with Gasteiger partial charge in [-0.3, -0.25) is 0 Å². The highest BCUT2D eigenvalue weighted by Crippen LogP contribution is 2.29. The third-order valence-corrected chi connectivity index (χ3v) is 5.06. The zero-order chi connectivity index (χ0) is 19.6. The molecular weight excluding hydrogens is 349 g/mol. The molecule has 148 valence electrons. The van der Waals surface area contributed by atoms with Crippen LogP contribution in [-0.2, 0) is 13.2 Å². The van der Waals surface area contributed by atoms with Crippen molar-refractivity contribution in [2.24, 2.45) is 0 Å². The summed E-state index contributed by atoms with van der Waals surface area (Å²) in [5.41, 5.74) is 2.15. The Morgan fingerprint density at radius 2 is 1.64 bits per heavy atom. The predicted octanol–water partition coefficient (Wildman–Crippen LogP) is 6.62. The predicted molar refractivity (Wildman–Crippen MR) is 115 cm³/mol. The fourth-order valence-electron chi connectivity index (χ4n) is 3.44. The Labute approximate surface area is 167 Å². The van der Waals surface area contributed by atoms with Crippen LogP contribution in [0.15, 0.2) is 60.7 Å². The number of hydrogen-bond donors (Lipinski definition) is 1. The lowest BCUT2D eigenvalue weighted by molar-refractivity contribution is 0.302. The number of ether oxygens (including phenoxy) is 1. The molecule has 0 bridgehead atoms. The first-order valence-electron chi connectivity index (χ1n) is 10.4. The van der Waals surface area contributed by atoms with Crippen LogP contribution in [0.3, 0.4) is 0 Å². The Kier molecular flexibility index (Phi) is 7.86. The normalized spacial score (nSPS) is 11.1. The van der Waals surface area contributed by atoms with E-state index in [1.54, 1.807) is 12.1 Å². The zero-order valence-electron chi connectivity index (χ0n) is 16.7. The summed E-state index contributed by atoms with van der Waals surface area (Å²) in [5, 5.41) is 6.03. The van der Waals surface area contributed by atoms with Gasteiger partial charge in [-0.15, -0.1) is 0 Å². The van der Waals surface area contributed by atoms with Crippen molar-refractivity contribution in [2.45, 2.75) is 52.2 Å². The van der Waals surface area contributed by atoms with Gasteiger partial charge in [0.25, 0.3) is 0 Å². The molecule has 3 rings (SSSR count). The van der Waals surface area contributed by atoms with Crippen molar-refractivity contribution < 1.29 is 9.13 Å². The SMILES string of the molecule is CCCCCCCNCc1c(OCc2ccc(F)cc2)ccc2ccccc12. The highest BCUT2D eigenvalue weighted by molar-refractivity contribution is 5.87. The summed E-state index contributed by atoms with van der Waals surface area (Å²) in [4.78, 5) is 0. The van der Waals surface area contributed by atoms with E-state index in [0.717, 1.165) is 24.4 Å². The molecule has 0 saturated carbocycles. The molecule has 3 heteroatoms. The number of nitrogens with one attached hydrogen (secondary N) is 1. The van der Waals surface area contributed by atoms with Crippen LogP contribution in [0.5, 0.6) is 5.75 Å². The molecule has 28 heavy (non-hydrogen) atoms. The van der Waals surface area contributed by atoms with Gasteiger partial charge in [0.15, 0.2) is 0 Å². The maximum absolute atomic E-state index is 13.1. The molecule has 3 aromatic rings. The zero-order valence-corrected chi connectivity index (χ0v) is 16.7. The Morgan fingerprint density at radius 1 is 0.857 bits per heavy atom. The van der Waals surface area contributed by atoms with Crippen LogP contribution in [-0.4, -0.2) is 6.54 Å². The quantitative estimate of drug-likeness (QED) is 0.378. The van der Waals surface area contributed by atoms with Crippen LogP contribution in [0.25, 0.3) is 10.8 Å². The van der Waals surface area contributed by atoms with E-state index in [1.807, 2.05) is 6.07 Å². The van der Waals surface area contributed by atoms with Crippen LogP contribution in [0.4, 0.5) is 4.39 Å². The molecule has 1 N–H and O–H groups in total. The van der Waals surface area contributed by atoms with Crippen molar-refractivity contribution in [1.29, 1.82) is 0 Å². The molecule has 2 nitrogen and oxygen atoms in total. The third kappa shape index (κ3) is 5.80. The first kappa shape index (κ1) is 20.3. The molecule has 0 amide bonds. The number of halogens is 1. The standard InChI is InChI=1S/C25H30FNO/c1-2-3-4-5-8-17-27-18-24-23-10-7-6-9-21(23)13-16-25(24)28-19-20-11-14-22(26)15-12-20/h6-7,9-16,27H,2-5,8,17-19H2,1H3. The summed E-state index contributed by atoms with van der Waals surface area (Å²) >= 11 is 0. The molecule has 0 radical (unpaired) electrons. The van der Waals surface area contributed by atoms with Gasteiger partial charge in [-0.05, 0) is 47.5 Å². The average Bonchev–Trinajstić information content (AvgIpc) is 2.73. The van der Waals surface area contributed by atoms with E-state index < -0.39 is 0 Å². The molecular formula is C25H30FNO. The molecule has 0 heterocycles. The average molecular weight is 380 g/mol. The van der Waals surface area contributed by atoms with Crippen LogP contribution in [0, 0.1) is 5.82 Å². The first-order valence-corrected chi connectivity index (χ1v) is 10.4. The van der Waals surface area contributed by atoms with Gasteiger partial charge in [0.05, 0.1) is 0 Å². The van der Waals surface area contributed by atoms with Gasteiger partial charge in [-0.25, -0.2) is 4.39 Å². The fourth-order valence-corrected chi connectivity index (χ4v) is 3.44. The highest BCUT2D eigenvalue weighted by Gasteiger charge is 2.09. The number of fused-ring (bicyclic) bond motifs is 1. The van der Waals surface area contributed by atoms with Gasteiger partial charge < -0.3 is 10.1 Å². The van der Waals surface area contributed by atoms with E-state index >= 15 is 0 Å². The topological polar surface area (TPSA) is 21.3 Å². The van der Waals surface area contributed by atoms with Crippen LogP contribution in [0.1, 0.15) is 50.2 Å². The van der Waals surface area contributed by atoms with Crippen molar-refractivity contribution >= 4 is 10.8 Å². The summed E-state index contributed by atoms with van der Waals surface area (Å²) < 4.78 is 19.2. The Hall–Kier alpha value is -2.39. The lowest BCUT2D eigenvalue weighted by atomic mass is 10.0.